The maximum Gasteiger partial charge on any atom is 0.261 e. The second-order valence-electron chi connectivity index (χ2n) is 4.20. The lowest BCUT2D eigenvalue weighted by atomic mass is 10.0. The lowest BCUT2D eigenvalue weighted by Gasteiger charge is -2.11. The van der Waals surface area contributed by atoms with Crippen molar-refractivity contribution in [2.45, 2.75) is 13.3 Å². The van der Waals surface area contributed by atoms with Crippen LogP contribution in [0.1, 0.15) is 18.1 Å². The minimum absolute atomic E-state index is 0.0183. The van der Waals surface area contributed by atoms with Crippen LogP contribution in [0.15, 0.2) is 30.4 Å². The Bertz CT molecular complexity index is 613. The molecule has 2 N–H and O–H groups in total. The summed E-state index contributed by atoms with van der Waals surface area (Å²) in [4.78, 5) is 11.5. The van der Waals surface area contributed by atoms with Gasteiger partial charge in [0, 0.05) is 12.6 Å². The summed E-state index contributed by atoms with van der Waals surface area (Å²) in [7, 11) is 1.46. The van der Waals surface area contributed by atoms with Gasteiger partial charge >= 0.3 is 0 Å². The highest BCUT2D eigenvalue weighted by molar-refractivity contribution is 6.01. The van der Waals surface area contributed by atoms with Crippen LogP contribution < -0.4 is 10.1 Å². The van der Waals surface area contributed by atoms with Gasteiger partial charge in [-0.3, -0.25) is 4.79 Å². The molecule has 5 heteroatoms. The van der Waals surface area contributed by atoms with E-state index < -0.39 is 5.91 Å². The average Bonchev–Trinajstić information content (AvgIpc) is 2.48. The van der Waals surface area contributed by atoms with Crippen molar-refractivity contribution in [3.8, 4) is 17.6 Å². The second-order valence-corrected chi connectivity index (χ2v) is 4.20. The van der Waals surface area contributed by atoms with Crippen LogP contribution >= 0.6 is 0 Å². The first-order valence-corrected chi connectivity index (χ1v) is 6.50. The maximum atomic E-state index is 11.5. The fourth-order valence-electron chi connectivity index (χ4n) is 1.80. The van der Waals surface area contributed by atoms with Gasteiger partial charge in [-0.25, -0.2) is 0 Å². The Morgan fingerprint density at radius 1 is 1.57 bits per heavy atom. The predicted octanol–water partition coefficient (Wildman–Crippen LogP) is 2.17. The van der Waals surface area contributed by atoms with Gasteiger partial charge in [0.15, 0.2) is 11.5 Å². The lowest BCUT2D eigenvalue weighted by Crippen LogP contribution is -2.19. The van der Waals surface area contributed by atoms with E-state index in [1.807, 2.05) is 6.07 Å². The molecule has 0 aromatic heterocycles. The standard InChI is InChI=1S/C16H18N2O3/c1-4-6-12-7-11(8-13(10-17)16(20)18-3)9-14(15(12)19)21-5-2/h4,7-9,19H,1,5-6H2,2-3H3,(H,18,20). The molecule has 0 saturated heterocycles. The van der Waals surface area contributed by atoms with Crippen molar-refractivity contribution in [3.63, 3.8) is 0 Å². The molecule has 0 spiro atoms. The number of likely N-dealkylation sites (N-methyl/N-ethyl adjacent to an activating group) is 1. The van der Waals surface area contributed by atoms with Crippen LogP contribution in [-0.4, -0.2) is 24.7 Å². The number of hydrogen-bond acceptors (Lipinski definition) is 4. The van der Waals surface area contributed by atoms with Crippen molar-refractivity contribution in [1.82, 2.24) is 5.32 Å². The number of nitrogens with one attached hydrogen (secondary N) is 1. The molecule has 1 rings (SSSR count). The van der Waals surface area contributed by atoms with Gasteiger partial charge in [0.1, 0.15) is 11.6 Å². The third-order valence-corrected chi connectivity index (χ3v) is 2.74. The minimum Gasteiger partial charge on any atom is -0.504 e. The summed E-state index contributed by atoms with van der Waals surface area (Å²) in [5.41, 5.74) is 1.21. The molecule has 0 atom stereocenters. The lowest BCUT2D eigenvalue weighted by molar-refractivity contribution is -0.116. The summed E-state index contributed by atoms with van der Waals surface area (Å²) >= 11 is 0. The molecule has 0 radical (unpaired) electrons. The van der Waals surface area contributed by atoms with Crippen molar-refractivity contribution in [3.05, 3.63) is 41.5 Å². The van der Waals surface area contributed by atoms with Crippen LogP contribution in [0.3, 0.4) is 0 Å². The largest absolute Gasteiger partial charge is 0.504 e. The number of aromatic hydroxyl groups is 1. The number of carbonyl (C=O) groups excluding carboxylic acids is 1. The van der Waals surface area contributed by atoms with Gasteiger partial charge < -0.3 is 15.2 Å². The molecule has 0 fully saturated rings. The molecule has 1 aromatic carbocycles. The smallest absolute Gasteiger partial charge is 0.261 e. The van der Waals surface area contributed by atoms with Crippen LogP contribution in [0.4, 0.5) is 0 Å². The number of rotatable bonds is 6. The molecule has 0 saturated carbocycles. The number of benzene rings is 1. The van der Waals surface area contributed by atoms with Crippen molar-refractivity contribution in [1.29, 1.82) is 5.26 Å². The van der Waals surface area contributed by atoms with Gasteiger partial charge in [-0.05, 0) is 37.1 Å². The Balaban J connectivity index is 3.35. The first-order chi connectivity index (χ1) is 10.1. The van der Waals surface area contributed by atoms with E-state index in [-0.39, 0.29) is 11.3 Å². The zero-order valence-corrected chi connectivity index (χ0v) is 12.1. The first-order valence-electron chi connectivity index (χ1n) is 6.50. The molecular formula is C16H18N2O3. The van der Waals surface area contributed by atoms with E-state index in [2.05, 4.69) is 11.9 Å². The summed E-state index contributed by atoms with van der Waals surface area (Å²) in [5, 5.41) is 21.5. The first kappa shape index (κ1) is 16.3. The zero-order valence-electron chi connectivity index (χ0n) is 12.1. The fourth-order valence-corrected chi connectivity index (χ4v) is 1.80. The van der Waals surface area contributed by atoms with E-state index in [4.69, 9.17) is 10.00 Å². The topological polar surface area (TPSA) is 82.4 Å². The Morgan fingerprint density at radius 2 is 2.29 bits per heavy atom. The summed E-state index contributed by atoms with van der Waals surface area (Å²) in [6.07, 6.45) is 3.56. The molecule has 0 heterocycles. The van der Waals surface area contributed by atoms with Gasteiger partial charge in [-0.1, -0.05) is 6.08 Å². The highest BCUT2D eigenvalue weighted by Crippen LogP contribution is 2.33. The molecule has 21 heavy (non-hydrogen) atoms. The number of nitriles is 1. The van der Waals surface area contributed by atoms with Crippen molar-refractivity contribution in [2.75, 3.05) is 13.7 Å². The maximum absolute atomic E-state index is 11.5. The molecule has 0 aliphatic heterocycles. The quantitative estimate of drug-likeness (QED) is 0.477. The third-order valence-electron chi connectivity index (χ3n) is 2.74. The molecule has 5 nitrogen and oxygen atoms in total. The summed E-state index contributed by atoms with van der Waals surface area (Å²) in [5.74, 6) is -0.0987. The summed E-state index contributed by atoms with van der Waals surface area (Å²) in [6, 6.07) is 5.13. The molecule has 0 bridgehead atoms. The van der Waals surface area contributed by atoms with Gasteiger partial charge in [-0.2, -0.15) is 5.26 Å². The Morgan fingerprint density at radius 3 is 2.81 bits per heavy atom. The Kier molecular flexibility index (Phi) is 6.02. The molecule has 0 aliphatic rings. The van der Waals surface area contributed by atoms with E-state index in [9.17, 15) is 9.90 Å². The van der Waals surface area contributed by atoms with Gasteiger partial charge in [0.25, 0.3) is 5.91 Å². The van der Waals surface area contributed by atoms with E-state index >= 15 is 0 Å². The number of carbonyl (C=O) groups is 1. The number of phenolic OH excluding ortho intramolecular Hbond substituents is 1. The van der Waals surface area contributed by atoms with E-state index in [0.29, 0.717) is 29.9 Å². The van der Waals surface area contributed by atoms with Crippen LogP contribution in [0.25, 0.3) is 6.08 Å². The predicted molar refractivity (Wildman–Crippen MR) is 80.8 cm³/mol. The molecule has 0 unspecified atom stereocenters. The van der Waals surface area contributed by atoms with E-state index in [1.165, 1.54) is 13.1 Å². The van der Waals surface area contributed by atoms with E-state index in [0.717, 1.165) is 0 Å². The van der Waals surface area contributed by atoms with Crippen molar-refractivity contribution in [2.24, 2.45) is 0 Å². The molecule has 1 amide bonds. The van der Waals surface area contributed by atoms with E-state index in [1.54, 1.807) is 25.1 Å². The van der Waals surface area contributed by atoms with Crippen LogP contribution in [0.2, 0.25) is 0 Å². The molecule has 1 aromatic rings. The number of phenols is 1. The highest BCUT2D eigenvalue weighted by atomic mass is 16.5. The minimum atomic E-state index is -0.464. The number of ether oxygens (including phenoxy) is 1. The monoisotopic (exact) mass is 286 g/mol. The van der Waals surface area contributed by atoms with Crippen LogP contribution in [0.5, 0.6) is 11.5 Å². The molecule has 0 aliphatic carbocycles. The van der Waals surface area contributed by atoms with Crippen LogP contribution in [0, 0.1) is 11.3 Å². The Hall–Kier alpha value is -2.74. The SMILES string of the molecule is C=CCc1cc(C=C(C#N)C(=O)NC)cc(OCC)c1O. The Labute approximate surface area is 124 Å². The normalized spacial score (nSPS) is 10.6. The fraction of sp³-hybridized carbons (Fsp3) is 0.250. The number of nitrogens with zero attached hydrogens (tertiary/aromatic N) is 1. The number of amides is 1. The average molecular weight is 286 g/mol. The van der Waals surface area contributed by atoms with Gasteiger partial charge in [0.2, 0.25) is 0 Å². The second kappa shape index (κ2) is 7.75. The number of allylic oxidation sites excluding steroid dienone is 1. The van der Waals surface area contributed by atoms with Crippen molar-refractivity contribution < 1.29 is 14.6 Å². The third kappa shape index (κ3) is 4.11. The molecular weight excluding hydrogens is 268 g/mol. The van der Waals surface area contributed by atoms with Gasteiger partial charge in [0.05, 0.1) is 6.61 Å². The molecule has 110 valence electrons. The number of hydrogen-bond donors (Lipinski definition) is 2. The van der Waals surface area contributed by atoms with Crippen molar-refractivity contribution >= 4 is 12.0 Å². The van der Waals surface area contributed by atoms with Gasteiger partial charge in [-0.15, -0.1) is 6.58 Å². The zero-order chi connectivity index (χ0) is 15.8. The highest BCUT2D eigenvalue weighted by Gasteiger charge is 2.12. The summed E-state index contributed by atoms with van der Waals surface area (Å²) in [6.45, 7) is 5.84. The summed E-state index contributed by atoms with van der Waals surface area (Å²) < 4.78 is 5.37. The van der Waals surface area contributed by atoms with Crippen LogP contribution in [-0.2, 0) is 11.2 Å².